The Kier molecular flexibility index (Phi) is 5.92. The van der Waals surface area contributed by atoms with Crippen molar-refractivity contribution in [2.24, 2.45) is 13.0 Å². The minimum absolute atomic E-state index is 0.709. The highest BCUT2D eigenvalue weighted by Gasteiger charge is 2.17. The Morgan fingerprint density at radius 1 is 1.03 bits per heavy atom. The fraction of sp³-hybridized carbons (Fsp3) is 0.296. The third-order valence-electron chi connectivity index (χ3n) is 6.61. The van der Waals surface area contributed by atoms with E-state index in [9.17, 15) is 0 Å². The van der Waals surface area contributed by atoms with Gasteiger partial charge in [0.05, 0.1) is 18.2 Å². The van der Waals surface area contributed by atoms with Crippen molar-refractivity contribution in [3.8, 4) is 11.3 Å². The second kappa shape index (κ2) is 9.16. The summed E-state index contributed by atoms with van der Waals surface area (Å²) in [6.07, 6.45) is 11.0. The topological polar surface area (TPSA) is 58.9 Å². The number of anilines is 1. The van der Waals surface area contributed by atoms with E-state index in [2.05, 4.69) is 69.1 Å². The molecule has 33 heavy (non-hydrogen) atoms. The molecular weight excluding hydrogens is 408 g/mol. The standard InChI is InChI=1S/C27H30N6/c1-19(21-6-9-29-25(14-21)12-20-7-10-32(2)11-8-20)31-27-15-24-13-22(4-5-23(24)16-30-27)26-17-28-18-33(26)3/h4-6,9,13-18,20H,1,7-8,10-12H2,2-3H3,(H,30,31). The number of nitrogens with one attached hydrogen (secondary N) is 1. The number of hydrogen-bond donors (Lipinski definition) is 1. The van der Waals surface area contributed by atoms with Gasteiger partial charge in [0, 0.05) is 47.3 Å². The maximum Gasteiger partial charge on any atom is 0.130 e. The molecule has 4 aromatic rings. The molecule has 6 nitrogen and oxygen atoms in total. The Hall–Kier alpha value is -3.51. The molecule has 1 aliphatic heterocycles. The highest BCUT2D eigenvalue weighted by atomic mass is 15.1. The number of benzene rings is 1. The van der Waals surface area contributed by atoms with Gasteiger partial charge in [0.1, 0.15) is 5.82 Å². The lowest BCUT2D eigenvalue weighted by Crippen LogP contribution is -2.31. The van der Waals surface area contributed by atoms with Crippen LogP contribution >= 0.6 is 0 Å². The zero-order valence-corrected chi connectivity index (χ0v) is 19.3. The van der Waals surface area contributed by atoms with E-state index in [-0.39, 0.29) is 0 Å². The molecule has 0 amide bonds. The summed E-state index contributed by atoms with van der Waals surface area (Å²) in [6, 6.07) is 12.6. The molecule has 1 aromatic carbocycles. The molecule has 0 saturated carbocycles. The van der Waals surface area contributed by atoms with Gasteiger partial charge >= 0.3 is 0 Å². The predicted molar refractivity (Wildman–Crippen MR) is 135 cm³/mol. The van der Waals surface area contributed by atoms with Crippen molar-refractivity contribution in [2.45, 2.75) is 19.3 Å². The summed E-state index contributed by atoms with van der Waals surface area (Å²) < 4.78 is 2.02. The summed E-state index contributed by atoms with van der Waals surface area (Å²) >= 11 is 0. The molecule has 0 atom stereocenters. The average molecular weight is 439 g/mol. The van der Waals surface area contributed by atoms with Crippen molar-refractivity contribution in [3.63, 3.8) is 0 Å². The van der Waals surface area contributed by atoms with Gasteiger partial charge in [0.15, 0.2) is 0 Å². The van der Waals surface area contributed by atoms with Crippen LogP contribution < -0.4 is 5.32 Å². The molecule has 1 saturated heterocycles. The number of imidazole rings is 1. The molecule has 1 fully saturated rings. The Balaban J connectivity index is 1.32. The van der Waals surface area contributed by atoms with Gasteiger partial charge in [-0.05, 0) is 75.0 Å². The molecule has 0 unspecified atom stereocenters. The van der Waals surface area contributed by atoms with Crippen molar-refractivity contribution in [1.29, 1.82) is 0 Å². The van der Waals surface area contributed by atoms with Crippen LogP contribution in [0.15, 0.2) is 67.9 Å². The van der Waals surface area contributed by atoms with Crippen molar-refractivity contribution < 1.29 is 0 Å². The third-order valence-corrected chi connectivity index (χ3v) is 6.61. The van der Waals surface area contributed by atoms with Gasteiger partial charge < -0.3 is 14.8 Å². The number of rotatable bonds is 6. The fourth-order valence-electron chi connectivity index (χ4n) is 4.57. The van der Waals surface area contributed by atoms with E-state index in [0.717, 1.165) is 51.2 Å². The second-order valence-corrected chi connectivity index (χ2v) is 9.11. The van der Waals surface area contributed by atoms with Gasteiger partial charge in [0.25, 0.3) is 0 Å². The average Bonchev–Trinajstić information content (AvgIpc) is 3.26. The van der Waals surface area contributed by atoms with Gasteiger partial charge in [-0.3, -0.25) is 4.98 Å². The molecule has 1 aliphatic rings. The lowest BCUT2D eigenvalue weighted by molar-refractivity contribution is 0.218. The Morgan fingerprint density at radius 3 is 2.67 bits per heavy atom. The monoisotopic (exact) mass is 438 g/mol. The summed E-state index contributed by atoms with van der Waals surface area (Å²) in [4.78, 5) is 15.9. The second-order valence-electron chi connectivity index (χ2n) is 9.11. The molecule has 4 heterocycles. The first-order valence-corrected chi connectivity index (χ1v) is 11.5. The number of likely N-dealkylation sites (tertiary alicyclic amines) is 1. The van der Waals surface area contributed by atoms with E-state index < -0.39 is 0 Å². The lowest BCUT2D eigenvalue weighted by atomic mass is 9.92. The van der Waals surface area contributed by atoms with Gasteiger partial charge in [0.2, 0.25) is 0 Å². The molecule has 0 spiro atoms. The normalized spacial score (nSPS) is 15.1. The molecule has 6 heteroatoms. The first-order valence-electron chi connectivity index (χ1n) is 11.5. The zero-order chi connectivity index (χ0) is 22.8. The number of aromatic nitrogens is 4. The molecule has 1 N–H and O–H groups in total. The van der Waals surface area contributed by atoms with Crippen LogP contribution in [0.1, 0.15) is 24.1 Å². The molecule has 5 rings (SSSR count). The van der Waals surface area contributed by atoms with Gasteiger partial charge in [-0.25, -0.2) is 9.97 Å². The lowest BCUT2D eigenvalue weighted by Gasteiger charge is -2.28. The van der Waals surface area contributed by atoms with E-state index >= 15 is 0 Å². The predicted octanol–water partition coefficient (Wildman–Crippen LogP) is 5.00. The van der Waals surface area contributed by atoms with Crippen molar-refractivity contribution in [2.75, 3.05) is 25.5 Å². The molecule has 3 aromatic heterocycles. The maximum atomic E-state index is 4.62. The number of aryl methyl sites for hydroxylation is 1. The Labute approximate surface area is 195 Å². The minimum Gasteiger partial charge on any atom is -0.340 e. The number of piperidine rings is 1. The van der Waals surface area contributed by atoms with Crippen molar-refractivity contribution in [3.05, 3.63) is 79.2 Å². The maximum absolute atomic E-state index is 4.62. The largest absolute Gasteiger partial charge is 0.340 e. The minimum atomic E-state index is 0.709. The van der Waals surface area contributed by atoms with E-state index in [1.165, 1.54) is 25.9 Å². The van der Waals surface area contributed by atoms with E-state index in [1.807, 2.05) is 42.6 Å². The molecule has 0 bridgehead atoms. The summed E-state index contributed by atoms with van der Waals surface area (Å²) in [5.74, 6) is 1.49. The van der Waals surface area contributed by atoms with Gasteiger partial charge in [-0.1, -0.05) is 18.7 Å². The smallest absolute Gasteiger partial charge is 0.130 e. The van der Waals surface area contributed by atoms with Gasteiger partial charge in [-0.15, -0.1) is 0 Å². The molecular formula is C27H30N6. The van der Waals surface area contributed by atoms with E-state index in [0.29, 0.717) is 5.92 Å². The van der Waals surface area contributed by atoms with Crippen molar-refractivity contribution in [1.82, 2.24) is 24.4 Å². The summed E-state index contributed by atoms with van der Waals surface area (Å²) in [5.41, 5.74) is 5.24. The van der Waals surface area contributed by atoms with Crippen molar-refractivity contribution >= 4 is 22.3 Å². The molecule has 168 valence electrons. The van der Waals surface area contributed by atoms with Crippen LogP contribution in [-0.2, 0) is 13.5 Å². The number of nitrogens with zero attached hydrogens (tertiary/aromatic N) is 5. The fourth-order valence-corrected chi connectivity index (χ4v) is 4.57. The summed E-state index contributed by atoms with van der Waals surface area (Å²) in [6.45, 7) is 6.62. The SMILES string of the molecule is C=C(Nc1cc2cc(-c3cncn3C)ccc2cn1)c1ccnc(CC2CCN(C)CC2)c1. The van der Waals surface area contributed by atoms with Crippen LogP contribution in [0.3, 0.4) is 0 Å². The number of hydrogen-bond acceptors (Lipinski definition) is 5. The highest BCUT2D eigenvalue weighted by Crippen LogP contribution is 2.26. The van der Waals surface area contributed by atoms with Crippen LogP contribution in [-0.4, -0.2) is 44.6 Å². The van der Waals surface area contributed by atoms with Crippen LogP contribution in [0, 0.1) is 5.92 Å². The third kappa shape index (κ3) is 4.81. The Morgan fingerprint density at radius 2 is 1.88 bits per heavy atom. The van der Waals surface area contributed by atoms with Crippen LogP contribution in [0.5, 0.6) is 0 Å². The van der Waals surface area contributed by atoms with Crippen LogP contribution in [0.4, 0.5) is 5.82 Å². The highest BCUT2D eigenvalue weighted by molar-refractivity contribution is 5.89. The Bertz CT molecular complexity index is 1280. The van der Waals surface area contributed by atoms with E-state index in [4.69, 9.17) is 0 Å². The molecule has 0 radical (unpaired) electrons. The molecule has 0 aliphatic carbocycles. The quantitative estimate of drug-likeness (QED) is 0.459. The first kappa shape index (κ1) is 21.3. The zero-order valence-electron chi connectivity index (χ0n) is 19.3. The van der Waals surface area contributed by atoms with E-state index in [1.54, 1.807) is 0 Å². The number of fused-ring (bicyclic) bond motifs is 1. The summed E-state index contributed by atoms with van der Waals surface area (Å²) in [5, 5.41) is 5.62. The van der Waals surface area contributed by atoms with Crippen LogP contribution in [0.25, 0.3) is 27.7 Å². The first-order chi connectivity index (χ1) is 16.0. The van der Waals surface area contributed by atoms with Crippen LogP contribution in [0.2, 0.25) is 0 Å². The number of pyridine rings is 2. The summed E-state index contributed by atoms with van der Waals surface area (Å²) in [7, 11) is 4.21. The van der Waals surface area contributed by atoms with Gasteiger partial charge in [-0.2, -0.15) is 0 Å².